The van der Waals surface area contributed by atoms with Crippen molar-refractivity contribution in [3.8, 4) is 0 Å². The molecule has 4 heterocycles. The molecule has 0 unspecified atom stereocenters. The van der Waals surface area contributed by atoms with E-state index in [4.69, 9.17) is 16.8 Å². The van der Waals surface area contributed by atoms with Crippen LogP contribution in [-0.4, -0.2) is 55.8 Å². The maximum atomic E-state index is 13.1. The first-order valence-electron chi connectivity index (χ1n) is 11.1. The van der Waals surface area contributed by atoms with E-state index in [1.54, 1.807) is 13.0 Å². The highest BCUT2D eigenvalue weighted by Crippen LogP contribution is 2.35. The molecule has 3 aromatic heterocycles. The molecule has 3 N–H and O–H groups in total. The van der Waals surface area contributed by atoms with E-state index in [-0.39, 0.29) is 16.4 Å². The van der Waals surface area contributed by atoms with Gasteiger partial charge in [-0.1, -0.05) is 16.8 Å². The minimum Gasteiger partial charge on any atom is -0.411 e. The molecule has 0 radical (unpaired) electrons. The zero-order valence-corrected chi connectivity index (χ0v) is 21.2. The average molecular weight is 569 g/mol. The Labute approximate surface area is 222 Å². The van der Waals surface area contributed by atoms with Gasteiger partial charge in [0.25, 0.3) is 11.8 Å². The minimum atomic E-state index is -4.71. The molecule has 1 atom stereocenters. The molecule has 0 aliphatic carbocycles. The Morgan fingerprint density at radius 3 is 2.55 bits per heavy atom. The number of amides is 2. The number of carbonyl (C=O) groups excluding carboxylic acids is 2. The Bertz CT molecular complexity index is 1370. The Morgan fingerprint density at radius 2 is 1.87 bits per heavy atom. The van der Waals surface area contributed by atoms with Gasteiger partial charge in [0.15, 0.2) is 0 Å². The zero-order chi connectivity index (χ0) is 27.4. The monoisotopic (exact) mass is 568 g/mol. The number of halogens is 4. The summed E-state index contributed by atoms with van der Waals surface area (Å²) in [6.45, 7) is 2.83. The number of nitrogens with zero attached hydrogens (tertiary/aromatic N) is 6. The van der Waals surface area contributed by atoms with Crippen LogP contribution < -0.4 is 15.5 Å². The molecular weight excluding hydrogens is 549 g/mol. The quantitative estimate of drug-likeness (QED) is 0.297. The Balaban J connectivity index is 1.39. The molecule has 0 bridgehead atoms. The van der Waals surface area contributed by atoms with Crippen LogP contribution in [0.15, 0.2) is 36.0 Å². The zero-order valence-electron chi connectivity index (χ0n) is 19.7. The van der Waals surface area contributed by atoms with Gasteiger partial charge in [0.1, 0.15) is 33.5 Å². The van der Waals surface area contributed by atoms with Gasteiger partial charge < -0.3 is 20.7 Å². The van der Waals surface area contributed by atoms with Crippen LogP contribution in [0.1, 0.15) is 56.5 Å². The Kier molecular flexibility index (Phi) is 8.06. The highest BCUT2D eigenvalue weighted by atomic mass is 35.5. The second-order valence-electron chi connectivity index (χ2n) is 8.17. The van der Waals surface area contributed by atoms with E-state index in [9.17, 15) is 22.8 Å². The molecule has 3 aromatic rings. The number of anilines is 2. The molecule has 0 saturated carbocycles. The third kappa shape index (κ3) is 6.34. The van der Waals surface area contributed by atoms with Gasteiger partial charge in [-0.05, 0) is 13.0 Å². The van der Waals surface area contributed by atoms with Crippen LogP contribution in [0.5, 0.6) is 0 Å². The van der Waals surface area contributed by atoms with Crippen molar-refractivity contribution in [1.82, 2.24) is 25.3 Å². The van der Waals surface area contributed by atoms with Crippen molar-refractivity contribution in [2.45, 2.75) is 32.0 Å². The fraction of sp³-hybridized carbons (Fsp3) is 0.318. The molecular formula is C22H20ClF3N8O3S. The third-order valence-electron chi connectivity index (χ3n) is 5.56. The summed E-state index contributed by atoms with van der Waals surface area (Å²) < 4.78 is 39.2. The van der Waals surface area contributed by atoms with Gasteiger partial charge in [-0.25, -0.2) is 19.9 Å². The summed E-state index contributed by atoms with van der Waals surface area (Å²) in [6, 6.07) is 1.60. The number of thiazole rings is 1. The standard InChI is InChI=1S/C22H20ClF3N8O3S/c1-11(31-19(35)15-7-18(30-10-29-15)34-4-2-12(33-37)3-5-34)21-28-9-16(38-21)20(36)32-17-6-13(22(24,25)26)14(23)8-27-17/h6-11,37H,2-5H2,1H3,(H,31,35)(H,27,32,36)/t11-/m1/s1. The van der Waals surface area contributed by atoms with Crippen LogP contribution in [0.25, 0.3) is 0 Å². The molecule has 0 aromatic carbocycles. The van der Waals surface area contributed by atoms with Gasteiger partial charge in [-0.2, -0.15) is 13.2 Å². The van der Waals surface area contributed by atoms with Crippen molar-refractivity contribution < 1.29 is 28.0 Å². The SMILES string of the molecule is C[C@@H](NC(=O)c1cc(N2CCC(=NO)CC2)ncn1)c1ncc(C(=O)Nc2cc(C(F)(F)F)c(Cl)cn2)s1. The number of alkyl halides is 3. The molecule has 16 heteroatoms. The van der Waals surface area contributed by atoms with Crippen LogP contribution in [0.4, 0.5) is 24.8 Å². The van der Waals surface area contributed by atoms with Crippen molar-refractivity contribution in [2.75, 3.05) is 23.3 Å². The summed E-state index contributed by atoms with van der Waals surface area (Å²) in [5.41, 5.74) is -0.288. The number of piperidine rings is 1. The summed E-state index contributed by atoms with van der Waals surface area (Å²) in [5.74, 6) is -0.961. The first-order valence-corrected chi connectivity index (χ1v) is 12.3. The molecule has 1 fully saturated rings. The molecule has 11 nitrogen and oxygen atoms in total. The Morgan fingerprint density at radius 1 is 1.13 bits per heavy atom. The van der Waals surface area contributed by atoms with Gasteiger partial charge in [-0.3, -0.25) is 9.59 Å². The van der Waals surface area contributed by atoms with E-state index < -0.39 is 34.6 Å². The summed E-state index contributed by atoms with van der Waals surface area (Å²) >= 11 is 6.52. The lowest BCUT2D eigenvalue weighted by molar-refractivity contribution is -0.137. The van der Waals surface area contributed by atoms with Crippen LogP contribution >= 0.6 is 22.9 Å². The van der Waals surface area contributed by atoms with Crippen LogP contribution in [-0.2, 0) is 6.18 Å². The van der Waals surface area contributed by atoms with Crippen LogP contribution in [0.2, 0.25) is 5.02 Å². The second-order valence-corrected chi connectivity index (χ2v) is 9.64. The van der Waals surface area contributed by atoms with Crippen molar-refractivity contribution in [3.05, 3.63) is 57.0 Å². The first-order chi connectivity index (χ1) is 18.0. The number of nitrogens with one attached hydrogen (secondary N) is 2. The molecule has 38 heavy (non-hydrogen) atoms. The van der Waals surface area contributed by atoms with E-state index in [1.807, 2.05) is 4.90 Å². The maximum absolute atomic E-state index is 13.1. The van der Waals surface area contributed by atoms with Gasteiger partial charge in [-0.15, -0.1) is 11.3 Å². The number of aromatic nitrogens is 4. The lowest BCUT2D eigenvalue weighted by atomic mass is 10.1. The second kappa shape index (κ2) is 11.3. The average Bonchev–Trinajstić information content (AvgIpc) is 3.40. The number of pyridine rings is 1. The van der Waals surface area contributed by atoms with Crippen molar-refractivity contribution in [2.24, 2.45) is 5.16 Å². The first kappa shape index (κ1) is 27.2. The van der Waals surface area contributed by atoms with E-state index in [2.05, 4.69) is 35.7 Å². The molecule has 0 spiro atoms. The van der Waals surface area contributed by atoms with Crippen LogP contribution in [0.3, 0.4) is 0 Å². The van der Waals surface area contributed by atoms with Gasteiger partial charge in [0.2, 0.25) is 0 Å². The molecule has 1 aliphatic rings. The largest absolute Gasteiger partial charge is 0.418 e. The number of hydrogen-bond acceptors (Lipinski definition) is 10. The number of rotatable bonds is 6. The van der Waals surface area contributed by atoms with Crippen molar-refractivity contribution >= 4 is 52.1 Å². The maximum Gasteiger partial charge on any atom is 0.418 e. The molecule has 200 valence electrons. The predicted molar refractivity (Wildman–Crippen MR) is 133 cm³/mol. The summed E-state index contributed by atoms with van der Waals surface area (Å²) in [4.78, 5) is 43.5. The predicted octanol–water partition coefficient (Wildman–Crippen LogP) is 4.17. The van der Waals surface area contributed by atoms with E-state index in [0.29, 0.717) is 48.5 Å². The molecule has 4 rings (SSSR count). The summed E-state index contributed by atoms with van der Waals surface area (Å²) in [6.07, 6.45) is -0.207. The number of carbonyl (C=O) groups is 2. The minimum absolute atomic E-state index is 0.103. The van der Waals surface area contributed by atoms with Crippen molar-refractivity contribution in [1.29, 1.82) is 0 Å². The smallest absolute Gasteiger partial charge is 0.411 e. The van der Waals surface area contributed by atoms with E-state index >= 15 is 0 Å². The molecule has 1 saturated heterocycles. The molecule has 1 aliphatic heterocycles. The fourth-order valence-corrected chi connectivity index (χ4v) is 4.59. The van der Waals surface area contributed by atoms with Crippen molar-refractivity contribution in [3.63, 3.8) is 0 Å². The topological polar surface area (TPSA) is 146 Å². The lowest BCUT2D eigenvalue weighted by Gasteiger charge is -2.28. The van der Waals surface area contributed by atoms with Gasteiger partial charge in [0, 0.05) is 38.2 Å². The molecule has 2 amide bonds. The normalized spacial score (nSPS) is 14.7. The summed E-state index contributed by atoms with van der Waals surface area (Å²) in [5, 5.41) is 17.0. The van der Waals surface area contributed by atoms with Gasteiger partial charge in [0.05, 0.1) is 28.5 Å². The fourth-order valence-electron chi connectivity index (χ4n) is 3.57. The van der Waals surface area contributed by atoms with Gasteiger partial charge >= 0.3 is 6.18 Å². The van der Waals surface area contributed by atoms with Crippen LogP contribution in [0, 0.1) is 0 Å². The Hall–Kier alpha value is -3.85. The number of oxime groups is 1. The number of hydrogen-bond donors (Lipinski definition) is 3. The van der Waals surface area contributed by atoms with E-state index in [1.165, 1.54) is 12.5 Å². The lowest BCUT2D eigenvalue weighted by Crippen LogP contribution is -2.35. The summed E-state index contributed by atoms with van der Waals surface area (Å²) in [7, 11) is 0. The van der Waals surface area contributed by atoms with E-state index in [0.717, 1.165) is 17.5 Å². The third-order valence-corrected chi connectivity index (χ3v) is 7.04. The highest BCUT2D eigenvalue weighted by Gasteiger charge is 2.34. The highest BCUT2D eigenvalue weighted by molar-refractivity contribution is 7.13.